The Bertz CT molecular complexity index is 1840. The lowest BCUT2D eigenvalue weighted by Gasteiger charge is -2.26. The monoisotopic (exact) mass is 534 g/mol. The molecule has 4 aromatic rings. The van der Waals surface area contributed by atoms with E-state index in [1.54, 1.807) is 0 Å². The average Bonchev–Trinajstić information content (AvgIpc) is 3.60. The van der Waals surface area contributed by atoms with Crippen molar-refractivity contribution in [3.63, 3.8) is 0 Å². The Labute approximate surface area is 245 Å². The summed E-state index contributed by atoms with van der Waals surface area (Å²) >= 11 is 0. The van der Waals surface area contributed by atoms with Gasteiger partial charge in [-0.1, -0.05) is 144 Å². The molecule has 0 unspecified atom stereocenters. The maximum absolute atomic E-state index is 2.54. The van der Waals surface area contributed by atoms with Crippen LogP contribution in [0, 0.1) is 10.4 Å². The van der Waals surface area contributed by atoms with Gasteiger partial charge in [-0.2, -0.15) is 0 Å². The molecule has 0 N–H and O–H groups in total. The molecular weight excluding hydrogens is 492 g/mol. The van der Waals surface area contributed by atoms with Crippen LogP contribution >= 0.6 is 0 Å². The van der Waals surface area contributed by atoms with Crippen molar-refractivity contribution < 1.29 is 0 Å². The first kappa shape index (κ1) is 27.3. The predicted octanol–water partition coefficient (Wildman–Crippen LogP) is 8.69. The summed E-state index contributed by atoms with van der Waals surface area (Å²) < 4.78 is 0. The molecule has 0 amide bonds. The summed E-state index contributed by atoms with van der Waals surface area (Å²) in [5, 5.41) is 5.57. The van der Waals surface area contributed by atoms with Gasteiger partial charge >= 0.3 is 0 Å². The van der Waals surface area contributed by atoms with E-state index in [0.717, 1.165) is 19.3 Å². The molecule has 4 aromatic carbocycles. The van der Waals surface area contributed by atoms with E-state index >= 15 is 0 Å². The minimum Gasteiger partial charge on any atom is -0.0801 e. The fourth-order valence-corrected chi connectivity index (χ4v) is 6.46. The molecule has 0 fully saturated rings. The van der Waals surface area contributed by atoms with Crippen molar-refractivity contribution >= 4 is 17.2 Å². The molecule has 0 aromatic heterocycles. The molecule has 0 aliphatic heterocycles. The molecular formula is C41H42. The first-order valence-corrected chi connectivity index (χ1v) is 15.1. The van der Waals surface area contributed by atoms with Crippen LogP contribution < -0.4 is 10.4 Å². The van der Waals surface area contributed by atoms with Crippen molar-refractivity contribution in [3.8, 4) is 0 Å². The molecule has 2 aliphatic rings. The number of hydrogen-bond donors (Lipinski definition) is 0. The number of fused-ring (bicyclic) bond motifs is 2. The van der Waals surface area contributed by atoms with Crippen LogP contribution in [0.2, 0.25) is 0 Å². The van der Waals surface area contributed by atoms with Crippen LogP contribution in [0.15, 0.2) is 103 Å². The van der Waals surface area contributed by atoms with Crippen molar-refractivity contribution in [2.75, 3.05) is 0 Å². The van der Waals surface area contributed by atoms with Crippen LogP contribution in [0.3, 0.4) is 0 Å². The third kappa shape index (κ3) is 5.41. The standard InChI is InChI=1S/C41H42/c1-40(2,3)33-22-21-31-25-36-35(34(31)26-33)27-37(41(4,5)6)39(38(36)30-19-13-14-20-30)32(23-28-15-9-7-10-16-28)24-29-17-11-8-12-18-29/h7-19,21-22,25-27H,20,23-24H2,1-6H3. The smallest absolute Gasteiger partial charge is 0.00544 e. The summed E-state index contributed by atoms with van der Waals surface area (Å²) in [6, 6.07) is 31.7. The van der Waals surface area contributed by atoms with Crippen LogP contribution in [0.1, 0.15) is 81.3 Å². The van der Waals surface area contributed by atoms with Crippen molar-refractivity contribution in [1.82, 2.24) is 0 Å². The fraction of sp³-hybridized carbons (Fsp3) is 0.268. The zero-order chi connectivity index (χ0) is 28.8. The summed E-state index contributed by atoms with van der Waals surface area (Å²) in [4.78, 5) is 0. The molecule has 0 saturated heterocycles. The molecule has 0 saturated carbocycles. The lowest BCUT2D eigenvalue weighted by Crippen LogP contribution is -2.29. The van der Waals surface area contributed by atoms with Gasteiger partial charge in [0.05, 0.1) is 0 Å². The van der Waals surface area contributed by atoms with E-state index < -0.39 is 0 Å². The lowest BCUT2D eigenvalue weighted by atomic mass is 9.78. The largest absolute Gasteiger partial charge is 0.0801 e. The SMILES string of the molecule is CC(C)(C)c1ccc2c(c1)=c1cc(C(C)(C)C)c(=C(Cc3ccccc3)Cc3ccccc3)c(C3=CC=CC3)c1C=2. The van der Waals surface area contributed by atoms with Crippen molar-refractivity contribution in [2.45, 2.75) is 71.6 Å². The highest BCUT2D eigenvalue weighted by Gasteiger charge is 2.25. The van der Waals surface area contributed by atoms with Gasteiger partial charge in [0.1, 0.15) is 0 Å². The van der Waals surface area contributed by atoms with Crippen molar-refractivity contribution in [2.24, 2.45) is 0 Å². The molecule has 2 aliphatic carbocycles. The topological polar surface area (TPSA) is 0 Å². The molecule has 0 heterocycles. The van der Waals surface area contributed by atoms with Crippen LogP contribution in [0.25, 0.3) is 17.2 Å². The summed E-state index contributed by atoms with van der Waals surface area (Å²) in [7, 11) is 0. The first-order chi connectivity index (χ1) is 19.6. The van der Waals surface area contributed by atoms with Gasteiger partial charge in [0.25, 0.3) is 0 Å². The van der Waals surface area contributed by atoms with Gasteiger partial charge in [-0.25, -0.2) is 0 Å². The van der Waals surface area contributed by atoms with Crippen LogP contribution in [0.4, 0.5) is 0 Å². The highest BCUT2D eigenvalue weighted by Crippen LogP contribution is 2.33. The molecule has 0 radical (unpaired) electrons. The van der Waals surface area contributed by atoms with Crippen LogP contribution in [-0.2, 0) is 23.7 Å². The normalized spacial score (nSPS) is 14.0. The zero-order valence-corrected chi connectivity index (χ0v) is 25.5. The Morgan fingerprint density at radius 2 is 1.32 bits per heavy atom. The van der Waals surface area contributed by atoms with E-state index in [9.17, 15) is 0 Å². The molecule has 0 atom stereocenters. The molecule has 0 bridgehead atoms. The average molecular weight is 535 g/mol. The Kier molecular flexibility index (Phi) is 6.98. The number of benzene rings is 4. The Balaban J connectivity index is 1.78. The van der Waals surface area contributed by atoms with Crippen molar-refractivity contribution in [1.29, 1.82) is 0 Å². The second-order valence-corrected chi connectivity index (χ2v) is 13.8. The van der Waals surface area contributed by atoms with E-state index in [2.05, 4.69) is 151 Å². The minimum atomic E-state index is -0.0191. The van der Waals surface area contributed by atoms with Gasteiger partial charge in [0.2, 0.25) is 0 Å². The third-order valence-electron chi connectivity index (χ3n) is 8.65. The third-order valence-corrected chi connectivity index (χ3v) is 8.65. The molecule has 206 valence electrons. The molecule has 0 spiro atoms. The number of hydrogen-bond acceptors (Lipinski definition) is 0. The van der Waals surface area contributed by atoms with Gasteiger partial charge in [-0.05, 0) is 102 Å². The zero-order valence-electron chi connectivity index (χ0n) is 25.5. The number of allylic oxidation sites excluding steroid dienone is 4. The fourth-order valence-electron chi connectivity index (χ4n) is 6.46. The van der Waals surface area contributed by atoms with Gasteiger partial charge in [-0.3, -0.25) is 0 Å². The Morgan fingerprint density at radius 1 is 0.683 bits per heavy atom. The Morgan fingerprint density at radius 3 is 1.85 bits per heavy atom. The predicted molar refractivity (Wildman–Crippen MR) is 176 cm³/mol. The molecule has 0 nitrogen and oxygen atoms in total. The molecule has 6 rings (SSSR count). The van der Waals surface area contributed by atoms with Gasteiger partial charge < -0.3 is 0 Å². The van der Waals surface area contributed by atoms with E-state index in [0.29, 0.717) is 0 Å². The second kappa shape index (κ2) is 10.5. The Hall–Kier alpha value is -3.90. The summed E-state index contributed by atoms with van der Waals surface area (Å²) in [5.74, 6) is 0. The summed E-state index contributed by atoms with van der Waals surface area (Å²) in [5.41, 5.74) is 11.4. The number of rotatable bonds is 5. The van der Waals surface area contributed by atoms with E-state index in [-0.39, 0.29) is 10.8 Å². The van der Waals surface area contributed by atoms with Crippen LogP contribution in [-0.4, -0.2) is 0 Å². The van der Waals surface area contributed by atoms with Gasteiger partial charge in [0, 0.05) is 0 Å². The lowest BCUT2D eigenvalue weighted by molar-refractivity contribution is 0.584. The van der Waals surface area contributed by atoms with Gasteiger partial charge in [-0.15, -0.1) is 0 Å². The van der Waals surface area contributed by atoms with E-state index in [1.165, 1.54) is 65.4 Å². The molecule has 0 heteroatoms. The van der Waals surface area contributed by atoms with Crippen molar-refractivity contribution in [3.05, 3.63) is 157 Å². The quantitative estimate of drug-likeness (QED) is 0.212. The van der Waals surface area contributed by atoms with Gasteiger partial charge in [0.15, 0.2) is 0 Å². The van der Waals surface area contributed by atoms with E-state index in [4.69, 9.17) is 0 Å². The minimum absolute atomic E-state index is 0.0191. The molecule has 41 heavy (non-hydrogen) atoms. The maximum atomic E-state index is 2.54. The highest BCUT2D eigenvalue weighted by atomic mass is 14.3. The summed E-state index contributed by atoms with van der Waals surface area (Å²) in [6.07, 6.45) is 12.2. The highest BCUT2D eigenvalue weighted by molar-refractivity contribution is 5.82. The van der Waals surface area contributed by atoms with E-state index in [1.807, 2.05) is 0 Å². The maximum Gasteiger partial charge on any atom is -0.00544 e. The first-order valence-electron chi connectivity index (χ1n) is 15.1. The van der Waals surface area contributed by atoms with Crippen LogP contribution in [0.5, 0.6) is 0 Å². The second-order valence-electron chi connectivity index (χ2n) is 13.8. The summed E-state index contributed by atoms with van der Waals surface area (Å²) in [6.45, 7) is 14.1.